The molecule has 155 valence electrons. The SMILES string of the molecule is [CH2][C@@H]1C[C@@H](Nc2ncncc2C(=O)c2ccn(Cc3cccc(Br)c3)c2)[C@@H](F)[C@@H]1O. The van der Waals surface area contributed by atoms with Crippen LogP contribution in [0.1, 0.15) is 27.9 Å². The zero-order chi connectivity index (χ0) is 21.3. The summed E-state index contributed by atoms with van der Waals surface area (Å²) in [6, 6.07) is 9.03. The molecule has 30 heavy (non-hydrogen) atoms. The lowest BCUT2D eigenvalue weighted by Crippen LogP contribution is -2.32. The summed E-state index contributed by atoms with van der Waals surface area (Å²) in [5, 5.41) is 12.8. The summed E-state index contributed by atoms with van der Waals surface area (Å²) in [6.07, 6.45) is 4.07. The molecule has 1 radical (unpaired) electrons. The van der Waals surface area contributed by atoms with Crippen molar-refractivity contribution in [2.75, 3.05) is 5.32 Å². The van der Waals surface area contributed by atoms with Gasteiger partial charge in [0, 0.05) is 35.2 Å². The quantitative estimate of drug-likeness (QED) is 0.536. The number of aliphatic hydroxyl groups is 1. The lowest BCUT2D eigenvalue weighted by atomic mass is 10.1. The predicted octanol–water partition coefficient (Wildman–Crippen LogP) is 3.65. The minimum atomic E-state index is -1.48. The normalized spacial score (nSPS) is 23.5. The van der Waals surface area contributed by atoms with Gasteiger partial charge in [-0.1, -0.05) is 28.1 Å². The van der Waals surface area contributed by atoms with Crippen molar-refractivity contribution in [1.82, 2.24) is 14.5 Å². The van der Waals surface area contributed by atoms with Crippen LogP contribution in [-0.4, -0.2) is 43.7 Å². The van der Waals surface area contributed by atoms with Crippen LogP contribution in [0.5, 0.6) is 0 Å². The first-order valence-corrected chi connectivity index (χ1v) is 10.4. The van der Waals surface area contributed by atoms with Crippen molar-refractivity contribution in [2.24, 2.45) is 5.92 Å². The number of anilines is 1. The van der Waals surface area contributed by atoms with Crippen molar-refractivity contribution in [2.45, 2.75) is 31.3 Å². The van der Waals surface area contributed by atoms with Gasteiger partial charge in [-0.05, 0) is 43.0 Å². The highest BCUT2D eigenvalue weighted by atomic mass is 79.9. The van der Waals surface area contributed by atoms with Gasteiger partial charge in [0.2, 0.25) is 0 Å². The van der Waals surface area contributed by atoms with Gasteiger partial charge in [0.25, 0.3) is 0 Å². The van der Waals surface area contributed by atoms with Crippen LogP contribution in [0.3, 0.4) is 0 Å². The lowest BCUT2D eigenvalue weighted by Gasteiger charge is -2.18. The number of carbonyl (C=O) groups is 1. The fourth-order valence-corrected chi connectivity index (χ4v) is 4.14. The molecule has 0 unspecified atom stereocenters. The van der Waals surface area contributed by atoms with Crippen LogP contribution in [0.4, 0.5) is 10.2 Å². The number of hydrogen-bond acceptors (Lipinski definition) is 5. The van der Waals surface area contributed by atoms with E-state index in [1.165, 1.54) is 12.5 Å². The Labute approximate surface area is 182 Å². The fraction of sp³-hybridized carbons (Fsp3) is 0.273. The molecule has 3 aromatic rings. The minimum Gasteiger partial charge on any atom is -0.390 e. The molecular weight excluding hydrogens is 451 g/mol. The highest BCUT2D eigenvalue weighted by Gasteiger charge is 2.41. The number of halogens is 2. The molecule has 1 aliphatic carbocycles. The number of nitrogens with zero attached hydrogens (tertiary/aromatic N) is 3. The van der Waals surface area contributed by atoms with Crippen LogP contribution in [0.25, 0.3) is 0 Å². The maximum Gasteiger partial charge on any atom is 0.199 e. The Morgan fingerprint density at radius 2 is 2.23 bits per heavy atom. The molecule has 0 saturated heterocycles. The first-order chi connectivity index (χ1) is 14.4. The van der Waals surface area contributed by atoms with Gasteiger partial charge in [-0.3, -0.25) is 4.79 Å². The summed E-state index contributed by atoms with van der Waals surface area (Å²) in [5.41, 5.74) is 1.84. The van der Waals surface area contributed by atoms with Gasteiger partial charge in [0.1, 0.15) is 18.3 Å². The molecule has 1 aliphatic rings. The van der Waals surface area contributed by atoms with Crippen molar-refractivity contribution in [3.63, 3.8) is 0 Å². The van der Waals surface area contributed by atoms with Gasteiger partial charge in [-0.25, -0.2) is 14.4 Å². The van der Waals surface area contributed by atoms with Gasteiger partial charge in [0.15, 0.2) is 5.78 Å². The first kappa shape index (κ1) is 20.7. The third-order valence-corrected chi connectivity index (χ3v) is 5.79. The average molecular weight is 472 g/mol. The molecule has 4 atom stereocenters. The topological polar surface area (TPSA) is 80.0 Å². The average Bonchev–Trinajstić information content (AvgIpc) is 3.29. The zero-order valence-corrected chi connectivity index (χ0v) is 17.7. The number of carbonyl (C=O) groups excluding carboxylic acids is 1. The number of hydrogen-bond donors (Lipinski definition) is 2. The van der Waals surface area contributed by atoms with Crippen molar-refractivity contribution >= 4 is 27.5 Å². The van der Waals surface area contributed by atoms with E-state index < -0.39 is 24.2 Å². The Kier molecular flexibility index (Phi) is 5.97. The van der Waals surface area contributed by atoms with Crippen LogP contribution in [-0.2, 0) is 6.54 Å². The van der Waals surface area contributed by atoms with Gasteiger partial charge in [0.05, 0.1) is 17.7 Å². The summed E-state index contributed by atoms with van der Waals surface area (Å²) >= 11 is 3.46. The number of aromatic nitrogens is 3. The number of aliphatic hydroxyl groups excluding tert-OH is 1. The van der Waals surface area contributed by atoms with Crippen molar-refractivity contribution in [1.29, 1.82) is 0 Å². The van der Waals surface area contributed by atoms with Gasteiger partial charge in [-0.2, -0.15) is 0 Å². The Hall–Kier alpha value is -2.58. The van der Waals surface area contributed by atoms with E-state index in [0.29, 0.717) is 18.5 Å². The van der Waals surface area contributed by atoms with E-state index >= 15 is 0 Å². The van der Waals surface area contributed by atoms with Crippen LogP contribution in [0.2, 0.25) is 0 Å². The van der Waals surface area contributed by atoms with Gasteiger partial charge < -0.3 is 15.0 Å². The summed E-state index contributed by atoms with van der Waals surface area (Å²) in [4.78, 5) is 21.2. The third-order valence-electron chi connectivity index (χ3n) is 5.30. The Morgan fingerprint density at radius 1 is 1.40 bits per heavy atom. The first-order valence-electron chi connectivity index (χ1n) is 9.59. The van der Waals surface area contributed by atoms with Crippen LogP contribution in [0.15, 0.2) is 59.7 Å². The Morgan fingerprint density at radius 3 is 2.97 bits per heavy atom. The molecule has 1 saturated carbocycles. The smallest absolute Gasteiger partial charge is 0.199 e. The van der Waals surface area contributed by atoms with Crippen LogP contribution in [0, 0.1) is 12.8 Å². The van der Waals surface area contributed by atoms with Crippen molar-refractivity contribution in [3.05, 3.63) is 83.3 Å². The largest absolute Gasteiger partial charge is 0.390 e. The number of rotatable bonds is 6. The maximum absolute atomic E-state index is 14.3. The van der Waals surface area contributed by atoms with Gasteiger partial charge >= 0.3 is 0 Å². The molecule has 0 bridgehead atoms. The number of nitrogens with one attached hydrogen (secondary N) is 1. The number of ketones is 1. The van der Waals surface area contributed by atoms with E-state index in [4.69, 9.17) is 0 Å². The van der Waals surface area contributed by atoms with E-state index in [0.717, 1.165) is 10.0 Å². The molecule has 2 N–H and O–H groups in total. The van der Waals surface area contributed by atoms with E-state index in [1.54, 1.807) is 12.3 Å². The third kappa shape index (κ3) is 4.29. The summed E-state index contributed by atoms with van der Waals surface area (Å²) < 4.78 is 17.2. The van der Waals surface area contributed by atoms with Gasteiger partial charge in [-0.15, -0.1) is 0 Å². The van der Waals surface area contributed by atoms with E-state index in [-0.39, 0.29) is 17.2 Å². The molecule has 4 rings (SSSR count). The van der Waals surface area contributed by atoms with E-state index in [1.807, 2.05) is 35.0 Å². The van der Waals surface area contributed by atoms with E-state index in [9.17, 15) is 14.3 Å². The molecule has 6 nitrogen and oxygen atoms in total. The predicted molar refractivity (Wildman–Crippen MR) is 115 cm³/mol. The molecule has 2 heterocycles. The van der Waals surface area contributed by atoms with Crippen molar-refractivity contribution in [3.8, 4) is 0 Å². The highest BCUT2D eigenvalue weighted by Crippen LogP contribution is 2.31. The molecule has 1 fully saturated rings. The standard InChI is InChI=1S/C22H21BrFN4O2/c1-13-7-18(19(24)20(13)29)27-22-17(9-25-12-26-22)21(30)15-5-6-28(11-15)10-14-3-2-4-16(23)8-14/h2-6,8-9,11-13,18-20,29H,1,7,10H2,(H,25,26,27)/t13-,18-,19-,20-/m1/s1. The minimum absolute atomic E-state index is 0.253. The maximum atomic E-state index is 14.3. The van der Waals surface area contributed by atoms with E-state index in [2.05, 4.69) is 38.1 Å². The molecule has 2 aromatic heterocycles. The summed E-state index contributed by atoms with van der Waals surface area (Å²) in [5.74, 6) is -0.416. The second kappa shape index (κ2) is 8.65. The molecule has 0 aliphatic heterocycles. The molecule has 1 aromatic carbocycles. The molecule has 0 spiro atoms. The molecular formula is C22H21BrFN4O2. The summed E-state index contributed by atoms with van der Waals surface area (Å²) in [6.45, 7) is 4.40. The Balaban J connectivity index is 1.52. The van der Waals surface area contributed by atoms with Crippen molar-refractivity contribution < 1.29 is 14.3 Å². The highest BCUT2D eigenvalue weighted by molar-refractivity contribution is 9.10. The summed E-state index contributed by atoms with van der Waals surface area (Å²) in [7, 11) is 0. The zero-order valence-electron chi connectivity index (χ0n) is 16.1. The monoisotopic (exact) mass is 471 g/mol. The second-order valence-corrected chi connectivity index (χ2v) is 8.41. The molecule has 0 amide bonds. The van der Waals surface area contributed by atoms with Crippen LogP contribution >= 0.6 is 15.9 Å². The number of alkyl halides is 1. The van der Waals surface area contributed by atoms with Crippen LogP contribution < -0.4 is 5.32 Å². The fourth-order valence-electron chi connectivity index (χ4n) is 3.69. The molecule has 8 heteroatoms. The Bertz CT molecular complexity index is 1060. The lowest BCUT2D eigenvalue weighted by molar-refractivity contribution is 0.0793. The number of benzene rings is 1. The second-order valence-electron chi connectivity index (χ2n) is 7.50.